The first-order chi connectivity index (χ1) is 18.9. The largest absolute Gasteiger partial charge is 0.480 e. The summed E-state index contributed by atoms with van der Waals surface area (Å²) in [4.78, 5) is 63.2. The third-order valence-electron chi connectivity index (χ3n) is 6.90. The number of carbonyl (C=O) groups is 5. The SMILES string of the molecule is CC[C@H](C)[C@H](NC(=O)CNC(=O)[C@H](Cc1ccccc1)NC(=O)[C@@H](NC(=O)[C@@H](N)CCSC)[C@@H](C)CC)C(=O)O. The van der Waals surface area contributed by atoms with Crippen LogP contribution in [0.25, 0.3) is 0 Å². The van der Waals surface area contributed by atoms with Crippen molar-refractivity contribution in [2.45, 2.75) is 77.5 Å². The fourth-order valence-electron chi connectivity index (χ4n) is 3.86. The van der Waals surface area contributed by atoms with Crippen LogP contribution in [0.2, 0.25) is 0 Å². The maximum absolute atomic E-state index is 13.4. The molecule has 1 rings (SSSR count). The summed E-state index contributed by atoms with van der Waals surface area (Å²) in [6.45, 7) is 6.78. The molecule has 0 saturated heterocycles. The number of carboxylic acid groups (broad SMARTS) is 1. The number of aliphatic carboxylic acids is 1. The standard InChI is InChI=1S/C28H45N5O6S/c1-6-17(3)23(33-25(35)20(29)13-14-40-5)27(37)31-21(15-19-11-9-8-10-12-19)26(36)30-16-22(34)32-24(28(38)39)18(4)7-2/h8-12,17-18,20-21,23-24H,6-7,13-16,29H2,1-5H3,(H,30,36)(H,31,37)(H,32,34)(H,33,35)(H,38,39)/t17-,18-,20-,21-,23-,24-/m0/s1. The molecule has 0 fully saturated rings. The predicted octanol–water partition coefficient (Wildman–Crippen LogP) is 1.06. The van der Waals surface area contributed by atoms with Crippen molar-refractivity contribution in [3.8, 4) is 0 Å². The van der Waals surface area contributed by atoms with Crippen LogP contribution in [0.3, 0.4) is 0 Å². The topological polar surface area (TPSA) is 180 Å². The molecule has 0 aromatic heterocycles. The number of carbonyl (C=O) groups excluding carboxylic acids is 4. The molecule has 1 aromatic carbocycles. The molecule has 7 N–H and O–H groups in total. The highest BCUT2D eigenvalue weighted by Crippen LogP contribution is 2.11. The highest BCUT2D eigenvalue weighted by Gasteiger charge is 2.32. The molecule has 0 aliphatic rings. The van der Waals surface area contributed by atoms with Gasteiger partial charge in [-0.05, 0) is 35.8 Å². The van der Waals surface area contributed by atoms with Crippen molar-refractivity contribution in [1.29, 1.82) is 0 Å². The minimum atomic E-state index is -1.16. The Morgan fingerprint density at radius 3 is 2.02 bits per heavy atom. The predicted molar refractivity (Wildman–Crippen MR) is 156 cm³/mol. The summed E-state index contributed by atoms with van der Waals surface area (Å²) in [6, 6.07) is 5.22. The van der Waals surface area contributed by atoms with Crippen molar-refractivity contribution in [1.82, 2.24) is 21.3 Å². The zero-order valence-corrected chi connectivity index (χ0v) is 24.9. The minimum Gasteiger partial charge on any atom is -0.480 e. The maximum Gasteiger partial charge on any atom is 0.326 e. The Hall–Kier alpha value is -3.12. The number of nitrogens with two attached hydrogens (primary N) is 1. The summed E-state index contributed by atoms with van der Waals surface area (Å²) in [7, 11) is 0. The summed E-state index contributed by atoms with van der Waals surface area (Å²) in [5.74, 6) is -3.25. The van der Waals surface area contributed by atoms with E-state index in [0.717, 1.165) is 5.56 Å². The molecule has 0 heterocycles. The van der Waals surface area contributed by atoms with Crippen LogP contribution in [0.4, 0.5) is 0 Å². The Morgan fingerprint density at radius 1 is 0.875 bits per heavy atom. The monoisotopic (exact) mass is 579 g/mol. The number of thioether (sulfide) groups is 1. The first-order valence-corrected chi connectivity index (χ1v) is 15.0. The van der Waals surface area contributed by atoms with Gasteiger partial charge in [0.2, 0.25) is 23.6 Å². The van der Waals surface area contributed by atoms with Crippen LogP contribution in [0.1, 0.15) is 52.5 Å². The second kappa shape index (κ2) is 18.3. The molecule has 1 aromatic rings. The van der Waals surface area contributed by atoms with E-state index in [2.05, 4.69) is 21.3 Å². The van der Waals surface area contributed by atoms with E-state index in [1.807, 2.05) is 33.1 Å². The molecule has 224 valence electrons. The second-order valence-electron chi connectivity index (χ2n) is 10.00. The maximum atomic E-state index is 13.4. The third-order valence-corrected chi connectivity index (χ3v) is 7.54. The molecule has 0 bridgehead atoms. The normalized spacial score (nSPS) is 15.4. The lowest BCUT2D eigenvalue weighted by molar-refractivity contribution is -0.143. The highest BCUT2D eigenvalue weighted by molar-refractivity contribution is 7.98. The third kappa shape index (κ3) is 12.0. The van der Waals surface area contributed by atoms with Crippen LogP contribution >= 0.6 is 11.8 Å². The molecule has 0 radical (unpaired) electrons. The van der Waals surface area contributed by atoms with Crippen molar-refractivity contribution in [3.63, 3.8) is 0 Å². The van der Waals surface area contributed by atoms with Crippen LogP contribution < -0.4 is 27.0 Å². The van der Waals surface area contributed by atoms with Crippen molar-refractivity contribution in [2.75, 3.05) is 18.6 Å². The smallest absolute Gasteiger partial charge is 0.326 e. The minimum absolute atomic E-state index is 0.138. The van der Waals surface area contributed by atoms with Crippen LogP contribution in [0.5, 0.6) is 0 Å². The molecule has 0 saturated carbocycles. The van der Waals surface area contributed by atoms with Crippen LogP contribution in [-0.4, -0.2) is 77.4 Å². The van der Waals surface area contributed by atoms with Gasteiger partial charge >= 0.3 is 5.97 Å². The van der Waals surface area contributed by atoms with Crippen LogP contribution in [-0.2, 0) is 30.4 Å². The van der Waals surface area contributed by atoms with Crippen LogP contribution in [0, 0.1) is 11.8 Å². The number of benzene rings is 1. The lowest BCUT2D eigenvalue weighted by Gasteiger charge is -2.27. The summed E-state index contributed by atoms with van der Waals surface area (Å²) >= 11 is 1.57. The number of nitrogens with one attached hydrogen (secondary N) is 4. The molecule has 0 aliphatic heterocycles. The van der Waals surface area contributed by atoms with Gasteiger partial charge in [0.25, 0.3) is 0 Å². The van der Waals surface area contributed by atoms with Gasteiger partial charge in [-0.3, -0.25) is 19.2 Å². The lowest BCUT2D eigenvalue weighted by Crippen LogP contribution is -2.58. The number of hydrogen-bond acceptors (Lipinski definition) is 7. The first-order valence-electron chi connectivity index (χ1n) is 13.6. The summed E-state index contributed by atoms with van der Waals surface area (Å²) in [5.41, 5.74) is 6.77. The van der Waals surface area contributed by atoms with Gasteiger partial charge in [-0.1, -0.05) is 70.9 Å². The van der Waals surface area contributed by atoms with E-state index in [4.69, 9.17) is 5.73 Å². The van der Waals surface area contributed by atoms with Gasteiger partial charge in [0, 0.05) is 6.42 Å². The van der Waals surface area contributed by atoms with E-state index >= 15 is 0 Å². The van der Waals surface area contributed by atoms with Crippen molar-refractivity contribution in [3.05, 3.63) is 35.9 Å². The molecular formula is C28H45N5O6S. The van der Waals surface area contributed by atoms with Gasteiger partial charge in [-0.25, -0.2) is 4.79 Å². The highest BCUT2D eigenvalue weighted by atomic mass is 32.2. The van der Waals surface area contributed by atoms with Crippen LogP contribution in [0.15, 0.2) is 30.3 Å². The molecule has 0 aliphatic carbocycles. The Kier molecular flexibility index (Phi) is 15.9. The van der Waals surface area contributed by atoms with Gasteiger partial charge in [0.05, 0.1) is 12.6 Å². The Morgan fingerprint density at radius 2 is 1.48 bits per heavy atom. The van der Waals surface area contributed by atoms with Gasteiger partial charge in [-0.2, -0.15) is 11.8 Å². The van der Waals surface area contributed by atoms with E-state index in [-0.39, 0.29) is 18.3 Å². The quantitative estimate of drug-likeness (QED) is 0.149. The molecule has 40 heavy (non-hydrogen) atoms. The Bertz CT molecular complexity index is 979. The zero-order chi connectivity index (χ0) is 30.2. The first kappa shape index (κ1) is 34.9. The Balaban J connectivity index is 3.03. The van der Waals surface area contributed by atoms with Gasteiger partial charge in [-0.15, -0.1) is 0 Å². The molecule has 0 spiro atoms. The summed E-state index contributed by atoms with van der Waals surface area (Å²) in [6.07, 6.45) is 3.65. The van der Waals surface area contributed by atoms with Gasteiger partial charge < -0.3 is 32.1 Å². The van der Waals surface area contributed by atoms with Gasteiger partial charge in [0.1, 0.15) is 18.1 Å². The zero-order valence-electron chi connectivity index (χ0n) is 24.1. The molecule has 11 nitrogen and oxygen atoms in total. The molecule has 0 unspecified atom stereocenters. The van der Waals surface area contributed by atoms with Gasteiger partial charge in [0.15, 0.2) is 0 Å². The van der Waals surface area contributed by atoms with Crippen molar-refractivity contribution < 1.29 is 29.1 Å². The number of hydrogen-bond donors (Lipinski definition) is 6. The second-order valence-corrected chi connectivity index (χ2v) is 11.0. The van der Waals surface area contributed by atoms with E-state index in [1.54, 1.807) is 43.0 Å². The molecular weight excluding hydrogens is 534 g/mol. The summed E-state index contributed by atoms with van der Waals surface area (Å²) < 4.78 is 0. The average molecular weight is 580 g/mol. The fourth-order valence-corrected chi connectivity index (χ4v) is 4.35. The number of rotatable bonds is 18. The molecule has 4 amide bonds. The fraction of sp³-hybridized carbons (Fsp3) is 0.607. The van der Waals surface area contributed by atoms with Crippen molar-refractivity contribution >= 4 is 41.4 Å². The van der Waals surface area contributed by atoms with E-state index in [9.17, 15) is 29.1 Å². The van der Waals surface area contributed by atoms with Crippen molar-refractivity contribution in [2.24, 2.45) is 17.6 Å². The Labute approximate surface area is 241 Å². The summed E-state index contributed by atoms with van der Waals surface area (Å²) in [5, 5.41) is 19.9. The average Bonchev–Trinajstić information content (AvgIpc) is 2.94. The van der Waals surface area contributed by atoms with E-state index in [0.29, 0.717) is 25.0 Å². The molecule has 6 atom stereocenters. The number of amides is 4. The van der Waals surface area contributed by atoms with E-state index < -0.39 is 60.3 Å². The van der Waals surface area contributed by atoms with E-state index in [1.165, 1.54) is 0 Å². The number of carboxylic acids is 1. The molecule has 12 heteroatoms. The lowest BCUT2D eigenvalue weighted by atomic mass is 9.96.